The van der Waals surface area contributed by atoms with Crippen LogP contribution in [0.2, 0.25) is 0 Å². The van der Waals surface area contributed by atoms with Gasteiger partial charge in [-0.15, -0.1) is 0 Å². The zero-order valence-electron chi connectivity index (χ0n) is 5.01. The van der Waals surface area contributed by atoms with Gasteiger partial charge in [0.05, 0.1) is 7.11 Å². The summed E-state index contributed by atoms with van der Waals surface area (Å²) in [6, 6.07) is 0. The Kier molecular flexibility index (Phi) is 5.12. The van der Waals surface area contributed by atoms with Gasteiger partial charge in [-0.05, 0) is 0 Å². The minimum atomic E-state index is -4.66. The average molecular weight is 122 g/mol. The fraction of sp³-hybridized carbons (Fsp3) is 1.00. The molecule has 0 unspecified atom stereocenters. The van der Waals surface area contributed by atoms with Gasteiger partial charge >= 0.3 is 29.4 Å². The van der Waals surface area contributed by atoms with Crippen molar-refractivity contribution in [3.8, 4) is 0 Å². The van der Waals surface area contributed by atoms with Gasteiger partial charge in [0, 0.05) is 0 Å². The van der Waals surface area contributed by atoms with Crippen molar-refractivity contribution in [2.75, 3.05) is 7.11 Å². The zero-order valence-corrected chi connectivity index (χ0v) is 4.83. The third-order valence-electron chi connectivity index (χ3n) is 0.199. The van der Waals surface area contributed by atoms with Crippen molar-refractivity contribution in [2.24, 2.45) is 0 Å². The van der Waals surface area contributed by atoms with E-state index in [1.807, 2.05) is 0 Å². The molecule has 0 amide bonds. The molecule has 0 fully saturated rings. The number of hydrogen-bond acceptors (Lipinski definition) is 3. The first-order chi connectivity index (χ1) is 2.56. The van der Waals surface area contributed by atoms with Gasteiger partial charge in [0.2, 0.25) is 0 Å². The van der Waals surface area contributed by atoms with Crippen molar-refractivity contribution in [3.63, 3.8) is 0 Å². The largest absolute Gasteiger partial charge is 1.00 e. The predicted octanol–water partition coefficient (Wildman–Crippen LogP) is -3.04. The van der Waals surface area contributed by atoms with Crippen LogP contribution in [0.4, 0.5) is 3.89 Å². The Labute approximate surface area is 54.9 Å². The van der Waals surface area contributed by atoms with Crippen LogP contribution in [0, 0.1) is 0 Å². The Morgan fingerprint density at radius 1 is 1.71 bits per heavy atom. The molecule has 40 valence electrons. The maximum atomic E-state index is 10.9. The second kappa shape index (κ2) is 3.44. The molecule has 0 radical (unpaired) electrons. The van der Waals surface area contributed by atoms with Crippen LogP contribution in [-0.4, -0.2) is 15.5 Å². The molecule has 0 bridgehead atoms. The molecule has 0 aromatic rings. The summed E-state index contributed by atoms with van der Waals surface area (Å²) in [6.45, 7) is 0. The molecule has 0 N–H and O–H groups in total. The van der Waals surface area contributed by atoms with Crippen molar-refractivity contribution in [2.45, 2.75) is 0 Å². The van der Waals surface area contributed by atoms with Crippen LogP contribution in [0.5, 0.6) is 0 Å². The first-order valence-corrected chi connectivity index (χ1v) is 2.37. The van der Waals surface area contributed by atoms with Crippen molar-refractivity contribution in [3.05, 3.63) is 0 Å². The van der Waals surface area contributed by atoms with Crippen LogP contribution in [-0.2, 0) is 14.7 Å². The number of hydrogen-bond donors (Lipinski definition) is 0. The van der Waals surface area contributed by atoms with Gasteiger partial charge < -0.3 is 1.43 Å². The van der Waals surface area contributed by atoms with E-state index in [-0.39, 0.29) is 20.3 Å². The van der Waals surface area contributed by atoms with E-state index in [0.29, 0.717) is 0 Å². The SMILES string of the molecule is COS(=O)(=O)F.[H-].[Li+]. The van der Waals surface area contributed by atoms with E-state index in [4.69, 9.17) is 8.42 Å². The van der Waals surface area contributed by atoms with Crippen molar-refractivity contribution in [1.82, 2.24) is 0 Å². The molecule has 7 heavy (non-hydrogen) atoms. The second-order valence-corrected chi connectivity index (χ2v) is 1.68. The molecule has 0 saturated carbocycles. The summed E-state index contributed by atoms with van der Waals surface area (Å²) in [5.41, 5.74) is 0. The Hall–Kier alpha value is 0.437. The molecule has 0 saturated heterocycles. The first-order valence-electron chi connectivity index (χ1n) is 1.06. The topological polar surface area (TPSA) is 43.4 Å². The molecule has 0 atom stereocenters. The predicted molar refractivity (Wildman–Crippen MR) is 18.1 cm³/mol. The van der Waals surface area contributed by atoms with Crippen LogP contribution >= 0.6 is 0 Å². The summed E-state index contributed by atoms with van der Waals surface area (Å²) in [7, 11) is -3.92. The van der Waals surface area contributed by atoms with Gasteiger partial charge in [-0.25, -0.2) is 4.18 Å². The first kappa shape index (κ1) is 10.4. The summed E-state index contributed by atoms with van der Waals surface area (Å²) >= 11 is 0. The maximum absolute atomic E-state index is 10.9. The molecule has 0 aromatic carbocycles. The molecular weight excluding hydrogens is 118 g/mol. The Morgan fingerprint density at radius 3 is 1.86 bits per heavy atom. The van der Waals surface area contributed by atoms with Gasteiger partial charge in [0.25, 0.3) is 0 Å². The van der Waals surface area contributed by atoms with Crippen LogP contribution in [0.25, 0.3) is 0 Å². The third kappa shape index (κ3) is 10.7. The summed E-state index contributed by atoms with van der Waals surface area (Å²) in [4.78, 5) is 0. The van der Waals surface area contributed by atoms with Gasteiger partial charge in [-0.2, -0.15) is 8.42 Å². The summed E-state index contributed by atoms with van der Waals surface area (Å²) in [6.07, 6.45) is 0. The molecule has 0 aliphatic heterocycles. The molecule has 3 nitrogen and oxygen atoms in total. The summed E-state index contributed by atoms with van der Waals surface area (Å²) < 4.78 is 32.3. The monoisotopic (exact) mass is 122 g/mol. The second-order valence-electron chi connectivity index (χ2n) is 0.560. The van der Waals surface area contributed by atoms with Crippen LogP contribution in [0.3, 0.4) is 0 Å². The molecule has 0 heterocycles. The quantitative estimate of drug-likeness (QED) is 0.274. The van der Waals surface area contributed by atoms with E-state index in [2.05, 4.69) is 4.18 Å². The number of halogens is 1. The average Bonchev–Trinajstić information content (AvgIpc) is 1.35. The molecule has 0 aliphatic carbocycles. The molecule has 6 heteroatoms. The van der Waals surface area contributed by atoms with E-state index >= 15 is 0 Å². The summed E-state index contributed by atoms with van der Waals surface area (Å²) in [5, 5.41) is 0. The summed E-state index contributed by atoms with van der Waals surface area (Å²) in [5.74, 6) is 0. The van der Waals surface area contributed by atoms with Crippen LogP contribution in [0.15, 0.2) is 0 Å². The van der Waals surface area contributed by atoms with Crippen LogP contribution < -0.4 is 18.9 Å². The number of rotatable bonds is 1. The Morgan fingerprint density at radius 2 is 1.86 bits per heavy atom. The molecular formula is CH4FLiO3S. The molecule has 0 aromatic heterocycles. The van der Waals surface area contributed by atoms with E-state index in [0.717, 1.165) is 7.11 Å². The Bertz CT molecular complexity index is 121. The van der Waals surface area contributed by atoms with Crippen molar-refractivity contribution >= 4 is 10.5 Å². The normalized spacial score (nSPS) is 10.0. The van der Waals surface area contributed by atoms with E-state index < -0.39 is 10.5 Å². The minimum absolute atomic E-state index is 0. The van der Waals surface area contributed by atoms with Crippen molar-refractivity contribution < 1.29 is 36.8 Å². The van der Waals surface area contributed by atoms with E-state index in [9.17, 15) is 3.89 Å². The van der Waals surface area contributed by atoms with Gasteiger partial charge in [-0.1, -0.05) is 3.89 Å². The fourth-order valence-electron chi connectivity index (χ4n) is 0. The molecule has 0 aliphatic rings. The van der Waals surface area contributed by atoms with Gasteiger partial charge in [-0.3, -0.25) is 0 Å². The van der Waals surface area contributed by atoms with Crippen molar-refractivity contribution in [1.29, 1.82) is 0 Å². The van der Waals surface area contributed by atoms with Gasteiger partial charge in [0.1, 0.15) is 0 Å². The molecule has 0 spiro atoms. The van der Waals surface area contributed by atoms with E-state index in [1.54, 1.807) is 0 Å². The smallest absolute Gasteiger partial charge is 1.00 e. The minimum Gasteiger partial charge on any atom is -1.00 e. The molecule has 0 rings (SSSR count). The fourth-order valence-corrected chi connectivity index (χ4v) is 0. The standard InChI is InChI=1S/CH3FO3S.Li.H/c1-5-6(2,3)4;;/h1H3;;/q;+1;-1. The maximum Gasteiger partial charge on any atom is 1.00 e. The third-order valence-corrected chi connectivity index (χ3v) is 0.597. The van der Waals surface area contributed by atoms with E-state index in [1.165, 1.54) is 0 Å². The zero-order chi connectivity index (χ0) is 5.21. The Balaban J connectivity index is -0.000000125. The van der Waals surface area contributed by atoms with Gasteiger partial charge in [0.15, 0.2) is 0 Å². The van der Waals surface area contributed by atoms with Crippen LogP contribution in [0.1, 0.15) is 1.43 Å².